The number of aliphatic carboxylic acids is 1. The maximum atomic E-state index is 12.7. The van der Waals surface area contributed by atoms with Gasteiger partial charge in [0.1, 0.15) is 11.1 Å². The molecule has 2 aliphatic rings. The number of carboxylic acid groups (broad SMARTS) is 1. The van der Waals surface area contributed by atoms with Crippen molar-refractivity contribution in [3.63, 3.8) is 0 Å². The van der Waals surface area contributed by atoms with Crippen LogP contribution in [-0.4, -0.2) is 77.0 Å². The number of carboxylic acids is 1. The van der Waals surface area contributed by atoms with Crippen LogP contribution in [0.5, 0.6) is 0 Å². The Morgan fingerprint density at radius 3 is 2.84 bits per heavy atom. The van der Waals surface area contributed by atoms with Gasteiger partial charge in [-0.1, -0.05) is 0 Å². The number of nitrogens with zero attached hydrogens (tertiary/aromatic N) is 2. The molecule has 0 aromatic heterocycles. The van der Waals surface area contributed by atoms with Gasteiger partial charge in [-0.05, 0) is 5.57 Å². The number of fused-ring (bicyclic) bond motifs is 1. The quantitative estimate of drug-likeness (QED) is 0.325. The molecule has 9 nitrogen and oxygen atoms in total. The highest BCUT2D eigenvalue weighted by molar-refractivity contribution is 8.00. The van der Waals surface area contributed by atoms with Crippen LogP contribution < -0.4 is 5.32 Å². The van der Waals surface area contributed by atoms with Crippen molar-refractivity contribution in [2.24, 2.45) is 0 Å². The number of thioether (sulfide) groups is 2. The van der Waals surface area contributed by atoms with E-state index in [1.165, 1.54) is 26.0 Å². The van der Waals surface area contributed by atoms with Crippen LogP contribution in [0.3, 0.4) is 0 Å². The number of carbonyl (C=O) groups is 3. The summed E-state index contributed by atoms with van der Waals surface area (Å²) >= 11 is 2.40. The Hall–Kier alpha value is -1.74. The molecule has 0 unspecified atom stereocenters. The summed E-state index contributed by atoms with van der Waals surface area (Å²) in [6.45, 7) is 0.0995. The van der Waals surface area contributed by atoms with Gasteiger partial charge in [0, 0.05) is 20.0 Å². The Labute approximate surface area is 152 Å². The summed E-state index contributed by atoms with van der Waals surface area (Å²) in [6, 6.07) is 1.91. The topological polar surface area (TPSA) is 129 Å². The van der Waals surface area contributed by atoms with Crippen LogP contribution in [0, 0.1) is 11.3 Å². The summed E-state index contributed by atoms with van der Waals surface area (Å²) in [7, 11) is 2.73. The molecule has 25 heavy (non-hydrogen) atoms. The van der Waals surface area contributed by atoms with Gasteiger partial charge in [0.05, 0.1) is 24.2 Å². The van der Waals surface area contributed by atoms with E-state index in [2.05, 4.69) is 5.32 Å². The maximum Gasteiger partial charge on any atom is 0.352 e. The standard InChI is InChI=1S/C14H17N3O6S2/c1-22-5-8-6-25-13-14(23-2,16-9(18)7-24-4-3-15)12(21)17(13)10(8)11(19)20/h13H,4-7H2,1-2H3,(H,16,18)(H,19,20)/t13-,14+/m1/s1. The lowest BCUT2D eigenvalue weighted by atomic mass is 9.98. The van der Waals surface area contributed by atoms with Crippen LogP contribution in [0.1, 0.15) is 0 Å². The molecule has 1 fully saturated rings. The third kappa shape index (κ3) is 3.48. The molecule has 2 amide bonds. The highest BCUT2D eigenvalue weighted by atomic mass is 32.2. The van der Waals surface area contributed by atoms with Crippen LogP contribution in [0.2, 0.25) is 0 Å². The molecule has 0 radical (unpaired) electrons. The van der Waals surface area contributed by atoms with Gasteiger partial charge in [0.15, 0.2) is 0 Å². The summed E-state index contributed by atoms with van der Waals surface area (Å²) in [5.41, 5.74) is -1.24. The molecule has 136 valence electrons. The molecule has 0 spiro atoms. The molecule has 1 saturated heterocycles. The number of methoxy groups -OCH3 is 2. The van der Waals surface area contributed by atoms with Gasteiger partial charge in [0.25, 0.3) is 11.6 Å². The first-order chi connectivity index (χ1) is 11.9. The van der Waals surface area contributed by atoms with Gasteiger partial charge in [-0.3, -0.25) is 14.5 Å². The average Bonchev–Trinajstić information content (AvgIpc) is 2.59. The van der Waals surface area contributed by atoms with Crippen molar-refractivity contribution < 1.29 is 29.0 Å². The minimum absolute atomic E-state index is 0.000111. The lowest BCUT2D eigenvalue weighted by Gasteiger charge is -2.55. The van der Waals surface area contributed by atoms with Gasteiger partial charge < -0.3 is 19.9 Å². The summed E-state index contributed by atoms with van der Waals surface area (Å²) in [4.78, 5) is 37.4. The lowest BCUT2D eigenvalue weighted by molar-refractivity contribution is -0.192. The molecule has 2 N–H and O–H groups in total. The van der Waals surface area contributed by atoms with Gasteiger partial charge in [0.2, 0.25) is 5.91 Å². The molecule has 2 atom stereocenters. The first-order valence-corrected chi connectivity index (χ1v) is 9.33. The summed E-state index contributed by atoms with van der Waals surface area (Å²) in [5, 5.41) is 19.8. The van der Waals surface area contributed by atoms with Crippen molar-refractivity contribution in [1.29, 1.82) is 5.26 Å². The molecule has 2 aliphatic heterocycles. The van der Waals surface area contributed by atoms with Crippen molar-refractivity contribution in [2.75, 3.05) is 38.1 Å². The largest absolute Gasteiger partial charge is 0.477 e. The van der Waals surface area contributed by atoms with E-state index in [0.29, 0.717) is 11.3 Å². The van der Waals surface area contributed by atoms with Crippen LogP contribution in [-0.2, 0) is 23.9 Å². The number of β-lactam (4-membered cyclic amide) rings is 1. The molecule has 0 aliphatic carbocycles. The minimum atomic E-state index is -1.60. The third-order valence-corrected chi connectivity index (χ3v) is 5.85. The van der Waals surface area contributed by atoms with Crippen LogP contribution in [0.25, 0.3) is 0 Å². The van der Waals surface area contributed by atoms with E-state index in [9.17, 15) is 19.5 Å². The van der Waals surface area contributed by atoms with Crippen molar-refractivity contribution in [3.8, 4) is 6.07 Å². The van der Waals surface area contributed by atoms with Crippen molar-refractivity contribution in [2.45, 2.75) is 11.1 Å². The lowest BCUT2D eigenvalue weighted by Crippen LogP contribution is -2.80. The Bertz CT molecular complexity index is 661. The number of nitriles is 1. The zero-order valence-electron chi connectivity index (χ0n) is 13.6. The first-order valence-electron chi connectivity index (χ1n) is 7.13. The van der Waals surface area contributed by atoms with E-state index in [1.807, 2.05) is 6.07 Å². The van der Waals surface area contributed by atoms with E-state index in [0.717, 1.165) is 16.7 Å². The fourth-order valence-electron chi connectivity index (χ4n) is 2.66. The van der Waals surface area contributed by atoms with E-state index in [4.69, 9.17) is 14.7 Å². The monoisotopic (exact) mass is 387 g/mol. The van der Waals surface area contributed by atoms with E-state index < -0.39 is 28.9 Å². The third-order valence-electron chi connectivity index (χ3n) is 3.68. The Morgan fingerprint density at radius 1 is 1.56 bits per heavy atom. The van der Waals surface area contributed by atoms with Gasteiger partial charge in [-0.25, -0.2) is 4.79 Å². The van der Waals surface area contributed by atoms with Crippen molar-refractivity contribution in [1.82, 2.24) is 10.2 Å². The van der Waals surface area contributed by atoms with E-state index >= 15 is 0 Å². The molecule has 0 bridgehead atoms. The Kier molecular flexibility index (Phi) is 6.34. The van der Waals surface area contributed by atoms with Gasteiger partial charge in [-0.15, -0.1) is 23.5 Å². The second kappa shape index (κ2) is 8.09. The maximum absolute atomic E-state index is 12.7. The van der Waals surface area contributed by atoms with Crippen LogP contribution >= 0.6 is 23.5 Å². The number of ether oxygens (including phenoxy) is 2. The molecule has 11 heteroatoms. The Morgan fingerprint density at radius 2 is 2.28 bits per heavy atom. The number of amides is 2. The molecule has 0 aromatic carbocycles. The van der Waals surface area contributed by atoms with Gasteiger partial charge in [-0.2, -0.15) is 5.26 Å². The summed E-state index contributed by atoms with van der Waals surface area (Å²) < 4.78 is 10.3. The normalized spacial score (nSPS) is 25.1. The number of hydrogen-bond acceptors (Lipinski definition) is 8. The van der Waals surface area contributed by atoms with Crippen LogP contribution in [0.15, 0.2) is 11.3 Å². The molecule has 0 aromatic rings. The fraction of sp³-hybridized carbons (Fsp3) is 0.571. The predicted octanol–water partition coefficient (Wildman–Crippen LogP) is -0.398. The molecular weight excluding hydrogens is 370 g/mol. The van der Waals surface area contributed by atoms with Crippen molar-refractivity contribution in [3.05, 3.63) is 11.3 Å². The number of hydrogen-bond donors (Lipinski definition) is 2. The van der Waals surface area contributed by atoms with E-state index in [-0.39, 0.29) is 23.8 Å². The average molecular weight is 387 g/mol. The smallest absolute Gasteiger partial charge is 0.352 e. The minimum Gasteiger partial charge on any atom is -0.477 e. The summed E-state index contributed by atoms with van der Waals surface area (Å²) in [5.74, 6) is -1.84. The number of rotatable bonds is 8. The van der Waals surface area contributed by atoms with Crippen molar-refractivity contribution >= 4 is 41.3 Å². The SMILES string of the molecule is COCC1=C(C(=O)O)N2C(=O)[C@](NC(=O)CSCC#N)(OC)[C@H]2SC1. The van der Waals surface area contributed by atoms with Gasteiger partial charge >= 0.3 is 5.97 Å². The molecular formula is C14H17N3O6S2. The molecule has 0 saturated carbocycles. The molecule has 2 rings (SSSR count). The van der Waals surface area contributed by atoms with E-state index in [1.54, 1.807) is 0 Å². The predicted molar refractivity (Wildman–Crippen MR) is 90.5 cm³/mol. The fourth-order valence-corrected chi connectivity index (χ4v) is 4.53. The second-order valence-corrected chi connectivity index (χ2v) is 7.22. The first kappa shape index (κ1) is 19.6. The zero-order chi connectivity index (χ0) is 18.6. The number of carbonyl (C=O) groups excluding carboxylic acids is 2. The number of nitrogens with one attached hydrogen (secondary N) is 1. The molecule has 2 heterocycles. The highest BCUT2D eigenvalue weighted by Crippen LogP contribution is 2.46. The highest BCUT2D eigenvalue weighted by Gasteiger charge is 2.66. The second-order valence-electron chi connectivity index (χ2n) is 5.17. The zero-order valence-corrected chi connectivity index (χ0v) is 15.2. The van der Waals surface area contributed by atoms with Crippen LogP contribution in [0.4, 0.5) is 0 Å². The Balaban J connectivity index is 2.21. The summed E-state index contributed by atoms with van der Waals surface area (Å²) in [6.07, 6.45) is 0.